The summed E-state index contributed by atoms with van der Waals surface area (Å²) in [7, 11) is 0. The maximum Gasteiger partial charge on any atom is 0.283 e. The standard InChI is InChI=1S/C21H25BrF2N4O/c1-14-3-2-4-15(11-14)12-26-7-9-27(10-8-26)17(29)13-28-20(16-5-6-16)18(22)19(25-28)21(23)24/h2-4,11,16,21H,5-10,12-13H2,1H3. The number of nitrogens with zero attached hydrogens (tertiary/aromatic N) is 4. The Labute approximate surface area is 177 Å². The number of aromatic nitrogens is 2. The molecule has 1 aromatic carbocycles. The molecule has 2 aromatic rings. The Kier molecular flexibility index (Phi) is 6.01. The molecule has 1 aromatic heterocycles. The van der Waals surface area contributed by atoms with Crippen LogP contribution in [-0.2, 0) is 17.9 Å². The first kappa shape index (κ1) is 20.5. The van der Waals surface area contributed by atoms with E-state index in [1.54, 1.807) is 0 Å². The number of hydrogen-bond acceptors (Lipinski definition) is 3. The highest BCUT2D eigenvalue weighted by Crippen LogP contribution is 2.45. The van der Waals surface area contributed by atoms with Crippen LogP contribution >= 0.6 is 15.9 Å². The minimum absolute atomic E-state index is 0.0229. The molecule has 1 aliphatic heterocycles. The highest BCUT2D eigenvalue weighted by atomic mass is 79.9. The predicted molar refractivity (Wildman–Crippen MR) is 110 cm³/mol. The lowest BCUT2D eigenvalue weighted by Crippen LogP contribution is -2.49. The molecule has 8 heteroatoms. The van der Waals surface area contributed by atoms with Crippen LogP contribution in [0.15, 0.2) is 28.7 Å². The van der Waals surface area contributed by atoms with Crippen LogP contribution in [0.5, 0.6) is 0 Å². The van der Waals surface area contributed by atoms with E-state index in [1.807, 2.05) is 4.90 Å². The summed E-state index contributed by atoms with van der Waals surface area (Å²) in [6, 6.07) is 8.47. The summed E-state index contributed by atoms with van der Waals surface area (Å²) < 4.78 is 28.3. The second kappa shape index (κ2) is 8.52. The lowest BCUT2D eigenvalue weighted by atomic mass is 10.1. The van der Waals surface area contributed by atoms with Crippen molar-refractivity contribution in [1.82, 2.24) is 19.6 Å². The molecule has 2 heterocycles. The number of halogens is 3. The van der Waals surface area contributed by atoms with Gasteiger partial charge in [-0.2, -0.15) is 5.10 Å². The van der Waals surface area contributed by atoms with Gasteiger partial charge in [0.05, 0.1) is 10.2 Å². The molecule has 0 radical (unpaired) electrons. The fourth-order valence-electron chi connectivity index (χ4n) is 3.93. The van der Waals surface area contributed by atoms with Gasteiger partial charge in [-0.25, -0.2) is 8.78 Å². The number of amides is 1. The van der Waals surface area contributed by atoms with Crippen molar-refractivity contribution in [2.24, 2.45) is 0 Å². The van der Waals surface area contributed by atoms with Gasteiger partial charge in [0.25, 0.3) is 6.43 Å². The summed E-state index contributed by atoms with van der Waals surface area (Å²) in [6.07, 6.45) is -0.735. The van der Waals surface area contributed by atoms with Crippen LogP contribution in [-0.4, -0.2) is 51.7 Å². The molecule has 0 spiro atoms. The molecule has 4 rings (SSSR count). The first-order chi connectivity index (χ1) is 13.9. The van der Waals surface area contributed by atoms with Gasteiger partial charge in [-0.15, -0.1) is 0 Å². The average Bonchev–Trinajstić information content (AvgIpc) is 3.46. The summed E-state index contributed by atoms with van der Waals surface area (Å²) in [5, 5.41) is 4.05. The minimum atomic E-state index is -2.65. The third-order valence-corrected chi connectivity index (χ3v) is 6.44. The van der Waals surface area contributed by atoms with E-state index < -0.39 is 6.43 Å². The molecular formula is C21H25BrF2N4O. The van der Waals surface area contributed by atoms with E-state index in [2.05, 4.69) is 57.1 Å². The van der Waals surface area contributed by atoms with E-state index in [1.165, 1.54) is 15.8 Å². The molecule has 156 valence electrons. The number of piperazine rings is 1. The summed E-state index contributed by atoms with van der Waals surface area (Å²) in [5.74, 6) is 0.168. The van der Waals surface area contributed by atoms with E-state index >= 15 is 0 Å². The van der Waals surface area contributed by atoms with Crippen LogP contribution in [0.3, 0.4) is 0 Å². The molecule has 0 unspecified atom stereocenters. The van der Waals surface area contributed by atoms with E-state index in [-0.39, 0.29) is 24.1 Å². The van der Waals surface area contributed by atoms with Crippen molar-refractivity contribution >= 4 is 21.8 Å². The molecule has 1 aliphatic carbocycles. The van der Waals surface area contributed by atoms with Crippen LogP contribution in [0.2, 0.25) is 0 Å². The van der Waals surface area contributed by atoms with Crippen molar-refractivity contribution in [3.63, 3.8) is 0 Å². The molecule has 0 N–H and O–H groups in total. The Morgan fingerprint density at radius 3 is 2.59 bits per heavy atom. The summed E-state index contributed by atoms with van der Waals surface area (Å²) >= 11 is 3.28. The molecule has 29 heavy (non-hydrogen) atoms. The highest BCUT2D eigenvalue weighted by Gasteiger charge is 2.34. The maximum absolute atomic E-state index is 13.2. The van der Waals surface area contributed by atoms with Crippen LogP contribution in [0.4, 0.5) is 8.78 Å². The Morgan fingerprint density at radius 1 is 1.24 bits per heavy atom. The number of hydrogen-bond donors (Lipinski definition) is 0. The second-order valence-corrected chi connectivity index (χ2v) is 8.76. The van der Waals surface area contributed by atoms with E-state index in [9.17, 15) is 13.6 Å². The van der Waals surface area contributed by atoms with Crippen molar-refractivity contribution in [2.45, 2.75) is 45.2 Å². The van der Waals surface area contributed by atoms with Gasteiger partial charge in [-0.1, -0.05) is 29.8 Å². The SMILES string of the molecule is Cc1cccc(CN2CCN(C(=O)Cn3nc(C(F)F)c(Br)c3C3CC3)CC2)c1. The molecule has 2 aliphatic rings. The van der Waals surface area contributed by atoms with E-state index in [0.29, 0.717) is 17.6 Å². The quantitative estimate of drug-likeness (QED) is 0.642. The van der Waals surface area contributed by atoms with Crippen molar-refractivity contribution in [3.8, 4) is 0 Å². The smallest absolute Gasteiger partial charge is 0.283 e. The number of carbonyl (C=O) groups excluding carboxylic acids is 1. The molecule has 0 bridgehead atoms. The number of rotatable bonds is 6. The second-order valence-electron chi connectivity index (χ2n) is 7.96. The van der Waals surface area contributed by atoms with Crippen LogP contribution in [0.1, 0.15) is 47.7 Å². The molecule has 5 nitrogen and oxygen atoms in total. The minimum Gasteiger partial charge on any atom is -0.339 e. The molecule has 2 fully saturated rings. The fraction of sp³-hybridized carbons (Fsp3) is 0.524. The van der Waals surface area contributed by atoms with Crippen LogP contribution < -0.4 is 0 Å². The number of aryl methyl sites for hydroxylation is 1. The first-order valence-corrected chi connectivity index (χ1v) is 10.8. The zero-order valence-corrected chi connectivity index (χ0v) is 18.0. The van der Waals surface area contributed by atoms with Gasteiger partial charge in [-0.05, 0) is 41.3 Å². The Bertz CT molecular complexity index is 889. The number of alkyl halides is 2. The van der Waals surface area contributed by atoms with Gasteiger partial charge in [0, 0.05) is 38.6 Å². The summed E-state index contributed by atoms with van der Waals surface area (Å²) in [6.45, 7) is 5.89. The van der Waals surface area contributed by atoms with Gasteiger partial charge in [0.15, 0.2) is 0 Å². The molecule has 1 saturated heterocycles. The van der Waals surface area contributed by atoms with Gasteiger partial charge in [-0.3, -0.25) is 14.4 Å². The Hall–Kier alpha value is -1.80. The lowest BCUT2D eigenvalue weighted by molar-refractivity contribution is -0.133. The topological polar surface area (TPSA) is 41.4 Å². The van der Waals surface area contributed by atoms with E-state index in [4.69, 9.17) is 0 Å². The predicted octanol–water partition coefficient (Wildman–Crippen LogP) is 4.11. The fourth-order valence-corrected chi connectivity index (χ4v) is 4.71. The monoisotopic (exact) mass is 466 g/mol. The lowest BCUT2D eigenvalue weighted by Gasteiger charge is -2.35. The highest BCUT2D eigenvalue weighted by molar-refractivity contribution is 9.10. The summed E-state index contributed by atoms with van der Waals surface area (Å²) in [5.41, 5.74) is 3.01. The zero-order valence-electron chi connectivity index (χ0n) is 16.5. The third kappa shape index (κ3) is 4.69. The van der Waals surface area contributed by atoms with E-state index in [0.717, 1.165) is 38.2 Å². The molecule has 1 amide bonds. The average molecular weight is 467 g/mol. The molecule has 1 saturated carbocycles. The summed E-state index contributed by atoms with van der Waals surface area (Å²) in [4.78, 5) is 17.0. The van der Waals surface area contributed by atoms with Crippen molar-refractivity contribution in [1.29, 1.82) is 0 Å². The number of benzene rings is 1. The van der Waals surface area contributed by atoms with Crippen LogP contribution in [0.25, 0.3) is 0 Å². The van der Waals surface area contributed by atoms with Crippen molar-refractivity contribution < 1.29 is 13.6 Å². The maximum atomic E-state index is 13.2. The Balaban J connectivity index is 1.36. The number of carbonyl (C=O) groups is 1. The zero-order chi connectivity index (χ0) is 20.5. The van der Waals surface area contributed by atoms with Crippen LogP contribution in [0, 0.1) is 6.92 Å². The first-order valence-electron chi connectivity index (χ1n) is 10.0. The normalized spacial score (nSPS) is 17.9. The van der Waals surface area contributed by atoms with Crippen molar-refractivity contribution in [2.75, 3.05) is 26.2 Å². The van der Waals surface area contributed by atoms with Gasteiger partial charge < -0.3 is 4.90 Å². The van der Waals surface area contributed by atoms with Crippen molar-refractivity contribution in [3.05, 3.63) is 51.3 Å². The molecular weight excluding hydrogens is 442 g/mol. The molecule has 0 atom stereocenters. The largest absolute Gasteiger partial charge is 0.339 e. The van der Waals surface area contributed by atoms with Gasteiger partial charge in [0.1, 0.15) is 12.2 Å². The Morgan fingerprint density at radius 2 is 1.97 bits per heavy atom. The third-order valence-electron chi connectivity index (χ3n) is 5.63. The van der Waals surface area contributed by atoms with Gasteiger partial charge >= 0.3 is 0 Å². The van der Waals surface area contributed by atoms with Gasteiger partial charge in [0.2, 0.25) is 5.91 Å².